The Kier molecular flexibility index (Phi) is 5.41. The lowest BCUT2D eigenvalue weighted by molar-refractivity contribution is 0.0963. The Morgan fingerprint density at radius 3 is 2.13 bits per heavy atom. The number of nitrogens with one attached hydrogen (secondary N) is 2. The molecule has 0 saturated heterocycles. The maximum absolute atomic E-state index is 13.6. The van der Waals surface area contributed by atoms with Gasteiger partial charge in [-0.3, -0.25) is 10.1 Å². The lowest BCUT2D eigenvalue weighted by Gasteiger charge is -2.09. The van der Waals surface area contributed by atoms with Crippen LogP contribution in [0.3, 0.4) is 0 Å². The number of imide groups is 1. The van der Waals surface area contributed by atoms with Gasteiger partial charge in [-0.2, -0.15) is 0 Å². The van der Waals surface area contributed by atoms with Gasteiger partial charge in [-0.15, -0.1) is 0 Å². The molecule has 0 unspecified atom stereocenters. The molecule has 2 N–H and O–H groups in total. The lowest BCUT2D eigenvalue weighted by Crippen LogP contribution is -2.35. The van der Waals surface area contributed by atoms with Crippen molar-refractivity contribution in [1.29, 1.82) is 0 Å². The fraction of sp³-hybridized carbons (Fsp3) is 0. The SMILES string of the molecule is O=C(NC(=O)c1c(F)cccc1Cl)Nc1cc(Cl)c(F)c(Cl)c1. The zero-order valence-corrected chi connectivity index (χ0v) is 13.4. The number of carbonyl (C=O) groups is 2. The van der Waals surface area contributed by atoms with E-state index in [1.54, 1.807) is 0 Å². The van der Waals surface area contributed by atoms with E-state index in [0.29, 0.717) is 0 Å². The molecule has 0 atom stereocenters. The average molecular weight is 380 g/mol. The summed E-state index contributed by atoms with van der Waals surface area (Å²) in [5.41, 5.74) is -0.425. The normalized spacial score (nSPS) is 10.3. The summed E-state index contributed by atoms with van der Waals surface area (Å²) >= 11 is 16.9. The highest BCUT2D eigenvalue weighted by molar-refractivity contribution is 6.35. The van der Waals surface area contributed by atoms with E-state index in [1.165, 1.54) is 12.1 Å². The topological polar surface area (TPSA) is 58.2 Å². The van der Waals surface area contributed by atoms with E-state index in [4.69, 9.17) is 34.8 Å². The number of benzene rings is 2. The molecular formula is C14H7Cl3F2N2O2. The van der Waals surface area contributed by atoms with Gasteiger partial charge in [0.05, 0.1) is 20.6 Å². The van der Waals surface area contributed by atoms with E-state index < -0.39 is 29.1 Å². The van der Waals surface area contributed by atoms with Gasteiger partial charge in [0.1, 0.15) is 5.82 Å². The highest BCUT2D eigenvalue weighted by Gasteiger charge is 2.18. The molecule has 0 aliphatic heterocycles. The molecule has 0 spiro atoms. The monoisotopic (exact) mass is 378 g/mol. The van der Waals surface area contributed by atoms with E-state index >= 15 is 0 Å². The van der Waals surface area contributed by atoms with Gasteiger partial charge in [-0.25, -0.2) is 13.6 Å². The second-order valence-corrected chi connectivity index (χ2v) is 5.48. The van der Waals surface area contributed by atoms with Gasteiger partial charge in [0.2, 0.25) is 0 Å². The molecule has 0 radical (unpaired) electrons. The van der Waals surface area contributed by atoms with Crippen molar-refractivity contribution < 1.29 is 18.4 Å². The Labute approximate surface area is 144 Å². The molecule has 0 fully saturated rings. The molecule has 2 aromatic carbocycles. The molecule has 120 valence electrons. The number of urea groups is 1. The average Bonchev–Trinajstić information content (AvgIpc) is 2.44. The summed E-state index contributed by atoms with van der Waals surface area (Å²) in [5, 5.41) is 3.34. The fourth-order valence-corrected chi connectivity index (χ4v) is 2.41. The van der Waals surface area contributed by atoms with Crippen molar-refractivity contribution in [2.75, 3.05) is 5.32 Å². The van der Waals surface area contributed by atoms with E-state index in [0.717, 1.165) is 18.2 Å². The molecule has 0 bridgehead atoms. The van der Waals surface area contributed by atoms with Gasteiger partial charge in [-0.05, 0) is 24.3 Å². The van der Waals surface area contributed by atoms with Crippen molar-refractivity contribution in [2.45, 2.75) is 0 Å². The van der Waals surface area contributed by atoms with E-state index in [2.05, 4.69) is 5.32 Å². The third kappa shape index (κ3) is 4.10. The maximum Gasteiger partial charge on any atom is 0.326 e. The Bertz CT molecular complexity index is 756. The molecule has 0 saturated carbocycles. The quantitative estimate of drug-likeness (QED) is 0.730. The molecule has 2 rings (SSSR count). The Hall–Kier alpha value is -1.89. The van der Waals surface area contributed by atoms with Crippen LogP contribution in [0.15, 0.2) is 30.3 Å². The largest absolute Gasteiger partial charge is 0.326 e. The van der Waals surface area contributed by atoms with Crippen molar-refractivity contribution in [3.63, 3.8) is 0 Å². The smallest absolute Gasteiger partial charge is 0.308 e. The Morgan fingerprint density at radius 2 is 1.57 bits per heavy atom. The van der Waals surface area contributed by atoms with Crippen molar-refractivity contribution in [1.82, 2.24) is 5.32 Å². The molecule has 23 heavy (non-hydrogen) atoms. The number of rotatable bonds is 2. The molecule has 9 heteroatoms. The number of anilines is 1. The Balaban J connectivity index is 2.12. The van der Waals surface area contributed by atoms with Gasteiger partial charge in [0.25, 0.3) is 5.91 Å². The van der Waals surface area contributed by atoms with E-state index in [9.17, 15) is 18.4 Å². The minimum atomic E-state index is -1.04. The molecule has 2 aromatic rings. The highest BCUT2D eigenvalue weighted by atomic mass is 35.5. The third-order valence-electron chi connectivity index (χ3n) is 2.66. The first-order valence-electron chi connectivity index (χ1n) is 6.00. The van der Waals surface area contributed by atoms with E-state index in [1.807, 2.05) is 5.32 Å². The zero-order valence-electron chi connectivity index (χ0n) is 11.1. The van der Waals surface area contributed by atoms with Gasteiger partial charge in [-0.1, -0.05) is 40.9 Å². The number of hydrogen-bond acceptors (Lipinski definition) is 2. The van der Waals surface area contributed by atoms with Crippen LogP contribution >= 0.6 is 34.8 Å². The molecule has 0 aromatic heterocycles. The summed E-state index contributed by atoms with van der Waals surface area (Å²) in [6.07, 6.45) is 0. The molecular weight excluding hydrogens is 373 g/mol. The van der Waals surface area contributed by atoms with Crippen LogP contribution < -0.4 is 10.6 Å². The van der Waals surface area contributed by atoms with Crippen molar-refractivity contribution in [2.24, 2.45) is 0 Å². The Morgan fingerprint density at radius 1 is 0.957 bits per heavy atom. The van der Waals surface area contributed by atoms with Crippen molar-refractivity contribution in [3.05, 3.63) is 62.6 Å². The van der Waals surface area contributed by atoms with Gasteiger partial charge < -0.3 is 5.32 Å². The number of carbonyl (C=O) groups excluding carboxylic acids is 2. The van der Waals surface area contributed by atoms with E-state index in [-0.39, 0.29) is 20.8 Å². The second kappa shape index (κ2) is 7.12. The maximum atomic E-state index is 13.6. The lowest BCUT2D eigenvalue weighted by atomic mass is 10.2. The van der Waals surface area contributed by atoms with Crippen molar-refractivity contribution in [3.8, 4) is 0 Å². The zero-order chi connectivity index (χ0) is 17.1. The molecule has 0 heterocycles. The number of halogens is 5. The summed E-state index contributed by atoms with van der Waals surface area (Å²) in [6, 6.07) is 4.85. The van der Waals surface area contributed by atoms with Crippen LogP contribution in [0.2, 0.25) is 15.1 Å². The van der Waals surface area contributed by atoms with Crippen LogP contribution in [0.4, 0.5) is 19.3 Å². The molecule has 4 nitrogen and oxygen atoms in total. The van der Waals surface area contributed by atoms with Crippen LogP contribution in [0.5, 0.6) is 0 Å². The predicted octanol–water partition coefficient (Wildman–Crippen LogP) is 4.89. The highest BCUT2D eigenvalue weighted by Crippen LogP contribution is 2.27. The van der Waals surface area contributed by atoms with Crippen LogP contribution in [0.1, 0.15) is 10.4 Å². The fourth-order valence-electron chi connectivity index (χ4n) is 1.67. The second-order valence-electron chi connectivity index (χ2n) is 4.26. The first kappa shape index (κ1) is 17.5. The van der Waals surface area contributed by atoms with Gasteiger partial charge in [0, 0.05) is 5.69 Å². The minimum absolute atomic E-state index is 0.0475. The summed E-state index contributed by atoms with van der Waals surface area (Å²) in [5.74, 6) is -2.76. The van der Waals surface area contributed by atoms with Crippen LogP contribution in [-0.2, 0) is 0 Å². The summed E-state index contributed by atoms with van der Waals surface area (Å²) in [7, 11) is 0. The minimum Gasteiger partial charge on any atom is -0.308 e. The molecule has 3 amide bonds. The first-order chi connectivity index (χ1) is 10.8. The molecule has 0 aliphatic rings. The first-order valence-corrected chi connectivity index (χ1v) is 7.14. The summed E-state index contributed by atoms with van der Waals surface area (Å²) in [6.45, 7) is 0. The predicted molar refractivity (Wildman–Crippen MR) is 84.3 cm³/mol. The van der Waals surface area contributed by atoms with Gasteiger partial charge in [0.15, 0.2) is 5.82 Å². The number of amides is 3. The van der Waals surface area contributed by atoms with Crippen LogP contribution in [-0.4, -0.2) is 11.9 Å². The summed E-state index contributed by atoms with van der Waals surface area (Å²) in [4.78, 5) is 23.6. The standard InChI is InChI=1S/C14H7Cl3F2N2O2/c15-7-2-1-3-10(18)11(7)13(22)21-14(23)20-6-4-8(16)12(19)9(17)5-6/h1-5H,(H2,20,21,22,23). The summed E-state index contributed by atoms with van der Waals surface area (Å²) < 4.78 is 26.8. The van der Waals surface area contributed by atoms with Crippen molar-refractivity contribution >= 4 is 52.4 Å². The molecule has 0 aliphatic carbocycles. The number of hydrogen-bond donors (Lipinski definition) is 2. The van der Waals surface area contributed by atoms with Crippen LogP contribution in [0, 0.1) is 11.6 Å². The third-order valence-corrected chi connectivity index (χ3v) is 3.52. The van der Waals surface area contributed by atoms with Gasteiger partial charge >= 0.3 is 6.03 Å². The van der Waals surface area contributed by atoms with Crippen LogP contribution in [0.25, 0.3) is 0 Å².